The summed E-state index contributed by atoms with van der Waals surface area (Å²) in [5.41, 5.74) is 2.95. The predicted octanol–water partition coefficient (Wildman–Crippen LogP) is 4.14. The smallest absolute Gasteiger partial charge is 0.387 e. The number of hydrogen-bond donors (Lipinski definition) is 1. The van der Waals surface area contributed by atoms with Gasteiger partial charge in [-0.05, 0) is 48.6 Å². The van der Waals surface area contributed by atoms with E-state index in [9.17, 15) is 13.6 Å². The van der Waals surface area contributed by atoms with Crippen molar-refractivity contribution in [2.75, 3.05) is 6.54 Å². The molecule has 1 unspecified atom stereocenters. The number of fused-ring (bicyclic) bond motifs is 1. The molecule has 24 heavy (non-hydrogen) atoms. The third-order valence-electron chi connectivity index (χ3n) is 4.32. The quantitative estimate of drug-likeness (QED) is 0.894. The predicted molar refractivity (Wildman–Crippen MR) is 87.5 cm³/mol. The molecule has 0 aromatic heterocycles. The van der Waals surface area contributed by atoms with Crippen molar-refractivity contribution >= 4 is 5.91 Å². The summed E-state index contributed by atoms with van der Waals surface area (Å²) in [6.45, 7) is -2.36. The van der Waals surface area contributed by atoms with Crippen molar-refractivity contribution in [3.05, 3.63) is 65.2 Å². The van der Waals surface area contributed by atoms with Gasteiger partial charge in [0, 0.05) is 18.0 Å². The number of carbonyl (C=O) groups excluding carboxylic acids is 1. The lowest BCUT2D eigenvalue weighted by Gasteiger charge is -2.25. The Morgan fingerprint density at radius 1 is 1.21 bits per heavy atom. The van der Waals surface area contributed by atoms with Crippen LogP contribution in [0.5, 0.6) is 5.75 Å². The summed E-state index contributed by atoms with van der Waals surface area (Å²) < 4.78 is 28.9. The SMILES string of the molecule is O=C(NCC1CCCc2ccccc21)c1cccc(OC(F)F)c1. The fraction of sp³-hybridized carbons (Fsp3) is 0.316. The van der Waals surface area contributed by atoms with Crippen molar-refractivity contribution in [3.8, 4) is 5.75 Å². The monoisotopic (exact) mass is 331 g/mol. The van der Waals surface area contributed by atoms with Gasteiger partial charge in [-0.25, -0.2) is 0 Å². The van der Waals surface area contributed by atoms with Crippen LogP contribution in [0.3, 0.4) is 0 Å². The van der Waals surface area contributed by atoms with E-state index < -0.39 is 6.61 Å². The van der Waals surface area contributed by atoms with Gasteiger partial charge in [-0.3, -0.25) is 4.79 Å². The Morgan fingerprint density at radius 2 is 2.04 bits per heavy atom. The molecule has 2 aromatic rings. The fourth-order valence-electron chi connectivity index (χ4n) is 3.20. The van der Waals surface area contributed by atoms with Gasteiger partial charge in [-0.1, -0.05) is 30.3 Å². The minimum absolute atomic E-state index is 0.0133. The molecule has 2 aromatic carbocycles. The van der Waals surface area contributed by atoms with E-state index in [0.717, 1.165) is 19.3 Å². The molecule has 5 heteroatoms. The van der Waals surface area contributed by atoms with E-state index in [1.54, 1.807) is 6.07 Å². The summed E-state index contributed by atoms with van der Waals surface area (Å²) in [5, 5.41) is 2.91. The fourth-order valence-corrected chi connectivity index (χ4v) is 3.20. The maximum Gasteiger partial charge on any atom is 0.387 e. The second-order valence-electron chi connectivity index (χ2n) is 5.90. The first kappa shape index (κ1) is 16.4. The molecule has 0 radical (unpaired) electrons. The Labute approximate surface area is 139 Å². The number of rotatable bonds is 5. The largest absolute Gasteiger partial charge is 0.435 e. The van der Waals surface area contributed by atoms with Gasteiger partial charge < -0.3 is 10.1 Å². The lowest BCUT2D eigenvalue weighted by atomic mass is 9.83. The van der Waals surface area contributed by atoms with Crippen LogP contribution < -0.4 is 10.1 Å². The van der Waals surface area contributed by atoms with Crippen molar-refractivity contribution in [3.63, 3.8) is 0 Å². The number of nitrogens with one attached hydrogen (secondary N) is 1. The molecule has 3 rings (SSSR count). The molecule has 1 amide bonds. The Morgan fingerprint density at radius 3 is 2.88 bits per heavy atom. The normalized spacial score (nSPS) is 16.5. The molecule has 0 spiro atoms. The second-order valence-corrected chi connectivity index (χ2v) is 5.90. The van der Waals surface area contributed by atoms with Gasteiger partial charge in [0.05, 0.1) is 0 Å². The van der Waals surface area contributed by atoms with Crippen LogP contribution in [0.4, 0.5) is 8.78 Å². The summed E-state index contributed by atoms with van der Waals surface area (Å²) >= 11 is 0. The Hall–Kier alpha value is -2.43. The number of alkyl halides is 2. The molecule has 3 nitrogen and oxygen atoms in total. The number of hydrogen-bond acceptors (Lipinski definition) is 2. The highest BCUT2D eigenvalue weighted by atomic mass is 19.3. The van der Waals surface area contributed by atoms with Crippen LogP contribution in [0, 0.1) is 0 Å². The minimum Gasteiger partial charge on any atom is -0.435 e. The van der Waals surface area contributed by atoms with E-state index in [4.69, 9.17) is 0 Å². The average molecular weight is 331 g/mol. The zero-order valence-corrected chi connectivity index (χ0v) is 13.2. The number of ether oxygens (including phenoxy) is 1. The van der Waals surface area contributed by atoms with E-state index in [2.05, 4.69) is 22.2 Å². The highest BCUT2D eigenvalue weighted by Crippen LogP contribution is 2.30. The lowest BCUT2D eigenvalue weighted by molar-refractivity contribution is -0.0498. The molecule has 0 fully saturated rings. The molecule has 0 saturated heterocycles. The molecule has 126 valence electrons. The van der Waals surface area contributed by atoms with Crippen LogP contribution in [0.15, 0.2) is 48.5 Å². The van der Waals surface area contributed by atoms with Crippen molar-refractivity contribution in [2.24, 2.45) is 0 Å². The highest BCUT2D eigenvalue weighted by Gasteiger charge is 2.20. The zero-order chi connectivity index (χ0) is 16.9. The Kier molecular flexibility index (Phi) is 5.08. The van der Waals surface area contributed by atoms with Crippen LogP contribution in [0.1, 0.15) is 40.2 Å². The standard InChI is InChI=1S/C19H19F2NO2/c20-19(21)24-16-9-4-7-14(11-16)18(23)22-12-15-8-3-6-13-5-1-2-10-17(13)15/h1-2,4-5,7,9-11,15,19H,3,6,8,12H2,(H,22,23). The van der Waals surface area contributed by atoms with E-state index in [-0.39, 0.29) is 11.7 Å². The molecule has 1 aliphatic rings. The summed E-state index contributed by atoms with van der Waals surface area (Å²) in [7, 11) is 0. The third-order valence-corrected chi connectivity index (χ3v) is 4.32. The van der Waals surface area contributed by atoms with Crippen molar-refractivity contribution < 1.29 is 18.3 Å². The molecule has 0 aliphatic heterocycles. The molecule has 1 N–H and O–H groups in total. The molecular formula is C19H19F2NO2. The Bertz CT molecular complexity index is 718. The van der Waals surface area contributed by atoms with Crippen LogP contribution >= 0.6 is 0 Å². The molecule has 0 bridgehead atoms. The zero-order valence-electron chi connectivity index (χ0n) is 13.2. The lowest BCUT2D eigenvalue weighted by Crippen LogP contribution is -2.30. The van der Waals surface area contributed by atoms with Gasteiger partial charge in [0.15, 0.2) is 0 Å². The van der Waals surface area contributed by atoms with Gasteiger partial charge in [0.25, 0.3) is 5.91 Å². The van der Waals surface area contributed by atoms with Crippen LogP contribution in [0.25, 0.3) is 0 Å². The topological polar surface area (TPSA) is 38.3 Å². The number of carbonyl (C=O) groups is 1. The number of aryl methyl sites for hydroxylation is 1. The molecular weight excluding hydrogens is 312 g/mol. The van der Waals surface area contributed by atoms with E-state index >= 15 is 0 Å². The summed E-state index contributed by atoms with van der Waals surface area (Å²) in [6.07, 6.45) is 3.22. The third kappa shape index (κ3) is 3.91. The first-order valence-corrected chi connectivity index (χ1v) is 8.04. The first-order valence-electron chi connectivity index (χ1n) is 8.04. The van der Waals surface area contributed by atoms with Crippen LogP contribution in [0.2, 0.25) is 0 Å². The second kappa shape index (κ2) is 7.43. The molecule has 0 saturated carbocycles. The minimum atomic E-state index is -2.90. The number of benzene rings is 2. The maximum absolute atomic E-state index is 12.3. The Balaban J connectivity index is 1.64. The maximum atomic E-state index is 12.3. The van der Waals surface area contributed by atoms with Crippen LogP contribution in [-0.4, -0.2) is 19.1 Å². The summed E-state index contributed by atoms with van der Waals surface area (Å²) in [6, 6.07) is 14.1. The van der Waals surface area contributed by atoms with Crippen molar-refractivity contribution in [2.45, 2.75) is 31.8 Å². The molecule has 1 atom stereocenters. The van der Waals surface area contributed by atoms with Gasteiger partial charge >= 0.3 is 6.61 Å². The highest BCUT2D eigenvalue weighted by molar-refractivity contribution is 5.94. The molecule has 1 aliphatic carbocycles. The van der Waals surface area contributed by atoms with Crippen molar-refractivity contribution in [1.29, 1.82) is 0 Å². The number of halogens is 2. The van der Waals surface area contributed by atoms with E-state index in [0.29, 0.717) is 18.0 Å². The van der Waals surface area contributed by atoms with Crippen molar-refractivity contribution in [1.82, 2.24) is 5.32 Å². The average Bonchev–Trinajstić information content (AvgIpc) is 2.59. The van der Waals surface area contributed by atoms with Gasteiger partial charge in [0.1, 0.15) is 5.75 Å². The van der Waals surface area contributed by atoms with Gasteiger partial charge in [0.2, 0.25) is 0 Å². The first-order chi connectivity index (χ1) is 11.6. The summed E-state index contributed by atoms with van der Waals surface area (Å²) in [4.78, 5) is 12.3. The molecule has 0 heterocycles. The van der Waals surface area contributed by atoms with E-state index in [1.165, 1.54) is 29.3 Å². The van der Waals surface area contributed by atoms with E-state index in [1.807, 2.05) is 12.1 Å². The summed E-state index contributed by atoms with van der Waals surface area (Å²) in [5.74, 6) is -0.00201. The van der Waals surface area contributed by atoms with Gasteiger partial charge in [-0.15, -0.1) is 0 Å². The van der Waals surface area contributed by atoms with Gasteiger partial charge in [-0.2, -0.15) is 8.78 Å². The van der Waals surface area contributed by atoms with Crippen LogP contribution in [-0.2, 0) is 6.42 Å². The number of amides is 1.